The van der Waals surface area contributed by atoms with E-state index in [1.54, 1.807) is 12.1 Å². The Morgan fingerprint density at radius 3 is 2.38 bits per heavy atom. The number of hydrogen-bond acceptors (Lipinski definition) is 4. The summed E-state index contributed by atoms with van der Waals surface area (Å²) in [4.78, 5) is 23.2. The van der Waals surface area contributed by atoms with Gasteiger partial charge in [0.1, 0.15) is 6.61 Å². The molecule has 0 atom stereocenters. The minimum atomic E-state index is -0.317. The smallest absolute Gasteiger partial charge is 0.306 e. The lowest BCUT2D eigenvalue weighted by Crippen LogP contribution is -2.08. The minimum absolute atomic E-state index is 0.196. The normalized spacial score (nSPS) is 10.4. The largest absolute Gasteiger partial charge is 0.466 e. The molecule has 0 aromatic heterocycles. The van der Waals surface area contributed by atoms with E-state index in [4.69, 9.17) is 21.1 Å². The first-order valence-electron chi connectivity index (χ1n) is 8.67. The molecule has 0 fully saturated rings. The fraction of sp³-hybridized carbons (Fsp3) is 0.579. The molecule has 1 aromatic carbocycles. The molecule has 0 spiro atoms. The van der Waals surface area contributed by atoms with Crippen LogP contribution in [-0.4, -0.2) is 18.5 Å². The number of benzene rings is 1. The minimum Gasteiger partial charge on any atom is -0.466 e. The molecule has 0 radical (unpaired) electrons. The van der Waals surface area contributed by atoms with Crippen LogP contribution in [0.1, 0.15) is 63.9 Å². The SMILES string of the molecule is CCCCCCCOC(=O)CCCC(=O)OCc1cccc(Cl)c1. The maximum atomic E-state index is 11.6. The lowest BCUT2D eigenvalue weighted by Gasteiger charge is -2.06. The first kappa shape index (κ1) is 20.5. The summed E-state index contributed by atoms with van der Waals surface area (Å²) >= 11 is 5.86. The van der Waals surface area contributed by atoms with Crippen LogP contribution in [0.5, 0.6) is 0 Å². The van der Waals surface area contributed by atoms with E-state index in [1.807, 2.05) is 12.1 Å². The predicted octanol–water partition coefficient (Wildman–Crippen LogP) is 5.07. The Hall–Kier alpha value is -1.55. The third kappa shape index (κ3) is 10.3. The third-order valence-electron chi connectivity index (χ3n) is 3.56. The number of rotatable bonds is 12. The van der Waals surface area contributed by atoms with Crippen LogP contribution in [0.15, 0.2) is 24.3 Å². The number of esters is 2. The van der Waals surface area contributed by atoms with E-state index in [9.17, 15) is 9.59 Å². The van der Waals surface area contributed by atoms with E-state index in [0.29, 0.717) is 18.1 Å². The van der Waals surface area contributed by atoms with Crippen LogP contribution in [0.25, 0.3) is 0 Å². The van der Waals surface area contributed by atoms with Crippen LogP contribution in [0.2, 0.25) is 5.02 Å². The Morgan fingerprint density at radius 2 is 1.67 bits per heavy atom. The summed E-state index contributed by atoms with van der Waals surface area (Å²) in [6, 6.07) is 7.18. The van der Waals surface area contributed by atoms with Crippen molar-refractivity contribution in [2.24, 2.45) is 0 Å². The fourth-order valence-electron chi connectivity index (χ4n) is 2.20. The fourth-order valence-corrected chi connectivity index (χ4v) is 2.42. The Bertz CT molecular complexity index is 502. The molecular formula is C19H27ClO4. The molecule has 4 nitrogen and oxygen atoms in total. The topological polar surface area (TPSA) is 52.6 Å². The molecule has 134 valence electrons. The van der Waals surface area contributed by atoms with Crippen molar-refractivity contribution in [3.63, 3.8) is 0 Å². The molecule has 0 amide bonds. The Labute approximate surface area is 149 Å². The van der Waals surface area contributed by atoms with Crippen molar-refractivity contribution < 1.29 is 19.1 Å². The number of hydrogen-bond donors (Lipinski definition) is 0. The monoisotopic (exact) mass is 354 g/mol. The summed E-state index contributed by atoms with van der Waals surface area (Å²) in [7, 11) is 0. The summed E-state index contributed by atoms with van der Waals surface area (Å²) in [5, 5.41) is 0.612. The Balaban J connectivity index is 2.03. The highest BCUT2D eigenvalue weighted by Crippen LogP contribution is 2.12. The van der Waals surface area contributed by atoms with Gasteiger partial charge in [0.25, 0.3) is 0 Å². The second kappa shape index (κ2) is 12.8. The van der Waals surface area contributed by atoms with E-state index in [-0.39, 0.29) is 31.4 Å². The van der Waals surface area contributed by atoms with Crippen molar-refractivity contribution in [3.05, 3.63) is 34.9 Å². The van der Waals surface area contributed by atoms with Gasteiger partial charge in [-0.25, -0.2) is 0 Å². The maximum absolute atomic E-state index is 11.6. The number of carbonyl (C=O) groups excluding carboxylic acids is 2. The maximum Gasteiger partial charge on any atom is 0.306 e. The van der Waals surface area contributed by atoms with Gasteiger partial charge >= 0.3 is 11.9 Å². The summed E-state index contributed by atoms with van der Waals surface area (Å²) in [5.74, 6) is -0.560. The van der Waals surface area contributed by atoms with E-state index in [1.165, 1.54) is 19.3 Å². The van der Waals surface area contributed by atoms with Crippen molar-refractivity contribution in [2.45, 2.75) is 64.9 Å². The zero-order valence-electron chi connectivity index (χ0n) is 14.4. The molecule has 0 aliphatic heterocycles. The lowest BCUT2D eigenvalue weighted by molar-refractivity contribution is -0.146. The molecule has 0 saturated carbocycles. The molecule has 0 aliphatic rings. The van der Waals surface area contributed by atoms with Crippen LogP contribution in [0.4, 0.5) is 0 Å². The summed E-state index contributed by atoms with van der Waals surface area (Å²) in [6.45, 7) is 2.84. The number of ether oxygens (including phenoxy) is 2. The molecule has 24 heavy (non-hydrogen) atoms. The number of unbranched alkanes of at least 4 members (excludes halogenated alkanes) is 4. The van der Waals surface area contributed by atoms with Gasteiger partial charge in [0.15, 0.2) is 0 Å². The molecule has 0 heterocycles. The van der Waals surface area contributed by atoms with Crippen molar-refractivity contribution in [3.8, 4) is 0 Å². The molecule has 0 aliphatic carbocycles. The molecular weight excluding hydrogens is 328 g/mol. The Morgan fingerprint density at radius 1 is 0.958 bits per heavy atom. The van der Waals surface area contributed by atoms with E-state index >= 15 is 0 Å². The third-order valence-corrected chi connectivity index (χ3v) is 3.80. The van der Waals surface area contributed by atoms with Crippen LogP contribution in [0.3, 0.4) is 0 Å². The predicted molar refractivity (Wildman–Crippen MR) is 94.8 cm³/mol. The van der Waals surface area contributed by atoms with Gasteiger partial charge in [-0.15, -0.1) is 0 Å². The van der Waals surface area contributed by atoms with Crippen LogP contribution in [0, 0.1) is 0 Å². The van der Waals surface area contributed by atoms with Gasteiger partial charge < -0.3 is 9.47 Å². The summed E-state index contributed by atoms with van der Waals surface area (Å²) < 4.78 is 10.3. The zero-order valence-corrected chi connectivity index (χ0v) is 15.1. The van der Waals surface area contributed by atoms with Gasteiger partial charge in [-0.2, -0.15) is 0 Å². The van der Waals surface area contributed by atoms with Gasteiger partial charge in [-0.3, -0.25) is 9.59 Å². The van der Waals surface area contributed by atoms with Crippen molar-refractivity contribution in [1.82, 2.24) is 0 Å². The molecule has 1 rings (SSSR count). The first-order valence-corrected chi connectivity index (χ1v) is 9.05. The standard InChI is InChI=1S/C19H27ClO4/c1-2-3-4-5-6-13-23-18(21)11-8-12-19(22)24-15-16-9-7-10-17(20)14-16/h7,9-10,14H,2-6,8,11-13,15H2,1H3. The van der Waals surface area contributed by atoms with E-state index in [2.05, 4.69) is 6.92 Å². The molecule has 0 N–H and O–H groups in total. The van der Waals surface area contributed by atoms with Gasteiger partial charge in [0.05, 0.1) is 6.61 Å². The van der Waals surface area contributed by atoms with Gasteiger partial charge in [0.2, 0.25) is 0 Å². The molecule has 5 heteroatoms. The summed E-state index contributed by atoms with van der Waals surface area (Å²) in [6.07, 6.45) is 6.53. The van der Waals surface area contributed by atoms with E-state index in [0.717, 1.165) is 18.4 Å². The van der Waals surface area contributed by atoms with Crippen molar-refractivity contribution in [2.75, 3.05) is 6.61 Å². The Kier molecular flexibility index (Phi) is 10.9. The summed E-state index contributed by atoms with van der Waals surface area (Å²) in [5.41, 5.74) is 0.846. The highest BCUT2D eigenvalue weighted by molar-refractivity contribution is 6.30. The number of carbonyl (C=O) groups is 2. The van der Waals surface area contributed by atoms with Gasteiger partial charge in [-0.1, -0.05) is 56.3 Å². The second-order valence-corrected chi connectivity index (χ2v) is 6.22. The molecule has 0 unspecified atom stereocenters. The lowest BCUT2D eigenvalue weighted by atomic mass is 10.2. The van der Waals surface area contributed by atoms with Crippen LogP contribution in [-0.2, 0) is 25.7 Å². The molecule has 1 aromatic rings. The number of halogens is 1. The van der Waals surface area contributed by atoms with Crippen LogP contribution >= 0.6 is 11.6 Å². The highest BCUT2D eigenvalue weighted by Gasteiger charge is 2.07. The average Bonchev–Trinajstić information content (AvgIpc) is 2.56. The van der Waals surface area contributed by atoms with Crippen molar-refractivity contribution >= 4 is 23.5 Å². The van der Waals surface area contributed by atoms with Crippen molar-refractivity contribution in [1.29, 1.82) is 0 Å². The molecule has 0 bridgehead atoms. The second-order valence-electron chi connectivity index (χ2n) is 5.78. The van der Waals surface area contributed by atoms with E-state index < -0.39 is 0 Å². The van der Waals surface area contributed by atoms with Gasteiger partial charge in [-0.05, 0) is 30.5 Å². The first-order chi connectivity index (χ1) is 11.6. The highest BCUT2D eigenvalue weighted by atomic mass is 35.5. The van der Waals surface area contributed by atoms with Crippen LogP contribution < -0.4 is 0 Å². The van der Waals surface area contributed by atoms with Gasteiger partial charge in [0, 0.05) is 17.9 Å². The average molecular weight is 355 g/mol. The zero-order chi connectivity index (χ0) is 17.6. The quantitative estimate of drug-likeness (QED) is 0.388. The molecule has 0 saturated heterocycles.